The van der Waals surface area contributed by atoms with Crippen molar-refractivity contribution in [3.05, 3.63) is 84.0 Å². The molecule has 0 radical (unpaired) electrons. The molecule has 234 valence electrons. The summed E-state index contributed by atoms with van der Waals surface area (Å²) in [4.78, 5) is 13.9. The average Bonchev–Trinajstić information content (AvgIpc) is 3.40. The van der Waals surface area contributed by atoms with E-state index < -0.39 is 0 Å². The van der Waals surface area contributed by atoms with E-state index in [1.807, 2.05) is 6.08 Å². The van der Waals surface area contributed by atoms with Crippen LogP contribution in [0.2, 0.25) is 0 Å². The van der Waals surface area contributed by atoms with Crippen molar-refractivity contribution in [3.8, 4) is 0 Å². The van der Waals surface area contributed by atoms with E-state index in [-0.39, 0.29) is 22.9 Å². The minimum absolute atomic E-state index is 0.122. The predicted molar refractivity (Wildman–Crippen MR) is 188 cm³/mol. The number of hydrogen-bond donors (Lipinski definition) is 1. The van der Waals surface area contributed by atoms with Crippen molar-refractivity contribution in [2.75, 3.05) is 0 Å². The Labute approximate surface area is 269 Å². The maximum Gasteiger partial charge on any atom is 0.159 e. The first-order valence-corrected chi connectivity index (χ1v) is 17.9. The Morgan fingerprint density at radius 2 is 1.62 bits per heavy atom. The van der Waals surface area contributed by atoms with Crippen LogP contribution in [0.1, 0.15) is 97.0 Å². The predicted octanol–water partition coefficient (Wildman–Crippen LogP) is 10.8. The van der Waals surface area contributed by atoms with Crippen LogP contribution in [-0.2, 0) is 4.79 Å². The van der Waals surface area contributed by atoms with Crippen molar-refractivity contribution in [1.82, 2.24) is 0 Å². The lowest BCUT2D eigenvalue weighted by Gasteiger charge is -2.57. The van der Waals surface area contributed by atoms with Gasteiger partial charge in [0.05, 0.1) is 6.10 Å². The molecule has 45 heavy (non-hydrogen) atoms. The minimum atomic E-state index is -0.152. The topological polar surface area (TPSA) is 37.3 Å². The molecule has 9 atom stereocenters. The van der Waals surface area contributed by atoms with Crippen molar-refractivity contribution in [1.29, 1.82) is 0 Å². The van der Waals surface area contributed by atoms with Gasteiger partial charge in [0.25, 0.3) is 0 Å². The number of hydrogen-bond acceptors (Lipinski definition) is 2. The maximum atomic E-state index is 13.9. The van der Waals surface area contributed by atoms with Crippen LogP contribution in [0.25, 0.3) is 32.3 Å². The quantitative estimate of drug-likeness (QED) is 0.136. The minimum Gasteiger partial charge on any atom is -0.393 e. The highest BCUT2D eigenvalue weighted by molar-refractivity contribution is 6.23. The molecule has 1 N–H and O–H groups in total. The summed E-state index contributed by atoms with van der Waals surface area (Å²) in [7, 11) is 0. The van der Waals surface area contributed by atoms with E-state index in [4.69, 9.17) is 0 Å². The summed E-state index contributed by atoms with van der Waals surface area (Å²) in [5, 5.41) is 18.5. The number of aliphatic hydroxyl groups is 1. The van der Waals surface area contributed by atoms with Gasteiger partial charge in [-0.3, -0.25) is 4.79 Å². The van der Waals surface area contributed by atoms with Crippen molar-refractivity contribution >= 4 is 38.1 Å². The Hall–Kier alpha value is -2.97. The number of rotatable bonds is 6. The number of aliphatic hydroxyl groups excluding tert-OH is 1. The summed E-state index contributed by atoms with van der Waals surface area (Å²) in [6, 6.07) is 20.4. The fraction of sp³-hybridized carbons (Fsp3) is 0.512. The Morgan fingerprint density at radius 1 is 0.889 bits per heavy atom. The highest BCUT2D eigenvalue weighted by Gasteiger charge is 2.59. The first kappa shape index (κ1) is 29.4. The van der Waals surface area contributed by atoms with Crippen molar-refractivity contribution < 1.29 is 9.90 Å². The van der Waals surface area contributed by atoms with E-state index in [0.717, 1.165) is 38.5 Å². The van der Waals surface area contributed by atoms with E-state index >= 15 is 0 Å². The van der Waals surface area contributed by atoms with Crippen LogP contribution in [0.3, 0.4) is 0 Å². The number of allylic oxidation sites excluding steroid dienone is 3. The van der Waals surface area contributed by atoms with Gasteiger partial charge in [-0.15, -0.1) is 0 Å². The molecule has 0 saturated heterocycles. The second-order valence-electron chi connectivity index (χ2n) is 16.2. The summed E-state index contributed by atoms with van der Waals surface area (Å²) in [6.45, 7) is 9.60. The molecular weight excluding hydrogens is 548 g/mol. The maximum absolute atomic E-state index is 13.9. The van der Waals surface area contributed by atoms with Gasteiger partial charge in [-0.2, -0.15) is 0 Å². The molecule has 0 spiro atoms. The normalized spacial score (nSPS) is 34.5. The van der Waals surface area contributed by atoms with Crippen LogP contribution in [0.4, 0.5) is 0 Å². The van der Waals surface area contributed by atoms with E-state index in [9.17, 15) is 9.90 Å². The monoisotopic (exact) mass is 598 g/mol. The molecule has 0 aromatic heterocycles. The third-order valence-electron chi connectivity index (χ3n) is 13.8. The highest BCUT2D eigenvalue weighted by Crippen LogP contribution is 2.66. The van der Waals surface area contributed by atoms with E-state index in [1.165, 1.54) is 62.7 Å². The third kappa shape index (κ3) is 4.56. The first-order chi connectivity index (χ1) is 21.7. The molecular formula is C43H50O2. The molecule has 4 aromatic rings. The highest BCUT2D eigenvalue weighted by atomic mass is 16.3. The molecule has 2 nitrogen and oxygen atoms in total. The number of benzene rings is 4. The number of fused-ring (bicyclic) bond motifs is 5. The number of carbonyl (C=O) groups excluding carboxylic acids is 1. The fourth-order valence-electron chi connectivity index (χ4n) is 11.4. The van der Waals surface area contributed by atoms with Crippen molar-refractivity contribution in [3.63, 3.8) is 0 Å². The molecule has 0 aliphatic heterocycles. The average molecular weight is 599 g/mol. The molecule has 4 aromatic carbocycles. The summed E-state index contributed by atoms with van der Waals surface area (Å²) in [5.74, 6) is 3.33. The molecule has 3 saturated carbocycles. The van der Waals surface area contributed by atoms with Gasteiger partial charge in [-0.25, -0.2) is 0 Å². The third-order valence-corrected chi connectivity index (χ3v) is 13.8. The van der Waals surface area contributed by atoms with Crippen LogP contribution in [-0.4, -0.2) is 17.0 Å². The first-order valence-electron chi connectivity index (χ1n) is 17.9. The zero-order chi connectivity index (χ0) is 31.1. The second-order valence-corrected chi connectivity index (χ2v) is 16.2. The number of ketones is 1. The van der Waals surface area contributed by atoms with E-state index in [2.05, 4.69) is 94.4 Å². The lowest BCUT2D eigenvalue weighted by molar-refractivity contribution is -0.125. The zero-order valence-corrected chi connectivity index (χ0v) is 27.7. The molecule has 8 rings (SSSR count). The summed E-state index contributed by atoms with van der Waals surface area (Å²) < 4.78 is 0. The molecule has 2 heteroatoms. The molecule has 0 heterocycles. The van der Waals surface area contributed by atoms with Gasteiger partial charge in [0.15, 0.2) is 5.78 Å². The van der Waals surface area contributed by atoms with Crippen LogP contribution >= 0.6 is 0 Å². The standard InChI is InChI=1S/C43H50O2/c1-26(24-27(2)33-14-11-30-10-9-28-6-5-7-29-12-15-34(33)41(30)40(28)29)8-19-39(45)38-18-17-36-35-16-13-31-25-32(44)20-22-42(31,3)37(35)21-23-43(36,38)4/h5-15,19,26-27,32,35-38,44H,16-18,20-25H2,1-4H3/b19-8+/t26?,27?,32-,35-,36-,37-,38+,42-,43-/m0/s1. The smallest absolute Gasteiger partial charge is 0.159 e. The van der Waals surface area contributed by atoms with Crippen molar-refractivity contribution in [2.45, 2.75) is 97.5 Å². The van der Waals surface area contributed by atoms with Crippen molar-refractivity contribution in [2.24, 2.45) is 40.4 Å². The van der Waals surface area contributed by atoms with Gasteiger partial charge in [0.1, 0.15) is 0 Å². The van der Waals surface area contributed by atoms with Gasteiger partial charge < -0.3 is 5.11 Å². The van der Waals surface area contributed by atoms with E-state index in [1.54, 1.807) is 0 Å². The molecule has 4 aliphatic rings. The van der Waals surface area contributed by atoms with E-state index in [0.29, 0.717) is 35.4 Å². The van der Waals surface area contributed by atoms with Gasteiger partial charge in [-0.05, 0) is 142 Å². The van der Waals surface area contributed by atoms with Gasteiger partial charge >= 0.3 is 0 Å². The molecule has 3 fully saturated rings. The Morgan fingerprint density at radius 3 is 2.42 bits per heavy atom. The van der Waals surface area contributed by atoms with Gasteiger partial charge in [-0.1, -0.05) is 100 Å². The van der Waals surface area contributed by atoms with Crippen LogP contribution < -0.4 is 0 Å². The zero-order valence-electron chi connectivity index (χ0n) is 27.7. The summed E-state index contributed by atoms with van der Waals surface area (Å²) in [5.41, 5.74) is 3.33. The lowest BCUT2D eigenvalue weighted by atomic mass is 9.47. The number of carbonyl (C=O) groups is 1. The molecule has 4 aliphatic carbocycles. The Balaban J connectivity index is 0.972. The molecule has 2 unspecified atom stereocenters. The summed E-state index contributed by atoms with van der Waals surface area (Å²) >= 11 is 0. The fourth-order valence-corrected chi connectivity index (χ4v) is 11.4. The summed E-state index contributed by atoms with van der Waals surface area (Å²) in [6.07, 6.45) is 16.3. The van der Waals surface area contributed by atoms with Crippen LogP contribution in [0.5, 0.6) is 0 Å². The lowest BCUT2D eigenvalue weighted by Crippen LogP contribution is -2.50. The Kier molecular flexibility index (Phi) is 7.06. The van der Waals surface area contributed by atoms with Gasteiger partial charge in [0.2, 0.25) is 0 Å². The SMILES string of the molecule is CC(/C=C/C(=O)[C@H]1CC[C@H]2[C@@H]3CC=C4C[C@@H](O)CC[C@]4(C)[C@H]3CC[C@]12C)CC(C)c1ccc2ccc3cccc4ccc1c2c34. The molecule has 0 amide bonds. The van der Waals surface area contributed by atoms with Gasteiger partial charge in [0, 0.05) is 5.92 Å². The second kappa shape index (κ2) is 10.8. The van der Waals surface area contributed by atoms with Crippen LogP contribution in [0, 0.1) is 40.4 Å². The Bertz CT molecular complexity index is 1810. The molecule has 0 bridgehead atoms. The van der Waals surface area contributed by atoms with Crippen LogP contribution in [0.15, 0.2) is 78.4 Å². The largest absolute Gasteiger partial charge is 0.393 e.